The summed E-state index contributed by atoms with van der Waals surface area (Å²) in [5.74, 6) is 0.605. The molecule has 2 aromatic carbocycles. The fraction of sp³-hybridized carbons (Fsp3) is 0.217. The van der Waals surface area contributed by atoms with E-state index < -0.39 is 0 Å². The summed E-state index contributed by atoms with van der Waals surface area (Å²) >= 11 is 0. The molecule has 0 amide bonds. The molecule has 0 radical (unpaired) electrons. The fourth-order valence-electron chi connectivity index (χ4n) is 2.70. The van der Waals surface area contributed by atoms with Crippen LogP contribution in [-0.2, 0) is 9.53 Å². The van der Waals surface area contributed by atoms with E-state index in [-0.39, 0.29) is 5.97 Å². The van der Waals surface area contributed by atoms with E-state index >= 15 is 0 Å². The second-order valence-corrected chi connectivity index (χ2v) is 6.09. The van der Waals surface area contributed by atoms with Crippen molar-refractivity contribution in [1.82, 2.24) is 4.98 Å². The Labute approximate surface area is 159 Å². The summed E-state index contributed by atoms with van der Waals surface area (Å²) in [5, 5.41) is 1.13. The van der Waals surface area contributed by atoms with Gasteiger partial charge in [-0.15, -0.1) is 0 Å². The number of pyridine rings is 1. The van der Waals surface area contributed by atoms with Gasteiger partial charge in [0.2, 0.25) is 0 Å². The lowest BCUT2D eigenvalue weighted by Gasteiger charge is -2.07. The number of carbonyl (C=O) groups is 1. The summed E-state index contributed by atoms with van der Waals surface area (Å²) in [6.45, 7) is 2.71. The smallest absolute Gasteiger partial charge is 0.305 e. The second kappa shape index (κ2) is 9.53. The summed E-state index contributed by atoms with van der Waals surface area (Å²) in [6.07, 6.45) is 5.02. The van der Waals surface area contributed by atoms with Crippen molar-refractivity contribution in [2.75, 3.05) is 13.2 Å². The van der Waals surface area contributed by atoms with Gasteiger partial charge >= 0.3 is 5.97 Å². The van der Waals surface area contributed by atoms with Crippen LogP contribution >= 0.6 is 0 Å². The predicted octanol–water partition coefficient (Wildman–Crippen LogP) is 5.13. The largest absolute Gasteiger partial charge is 0.494 e. The summed E-state index contributed by atoms with van der Waals surface area (Å²) in [4.78, 5) is 16.0. The predicted molar refractivity (Wildman–Crippen MR) is 108 cm³/mol. The van der Waals surface area contributed by atoms with E-state index in [0.29, 0.717) is 26.1 Å². The molecule has 0 spiro atoms. The third kappa shape index (κ3) is 5.68. The van der Waals surface area contributed by atoms with Gasteiger partial charge in [0.1, 0.15) is 5.75 Å². The molecule has 0 atom stereocenters. The SMILES string of the molecule is CCOC(=O)CCCOc1cccc(C=Cc2ccc3ccccc3n2)c1. The number of aromatic nitrogens is 1. The lowest BCUT2D eigenvalue weighted by Crippen LogP contribution is -2.06. The number of benzene rings is 2. The van der Waals surface area contributed by atoms with Crippen LogP contribution in [0.5, 0.6) is 5.75 Å². The van der Waals surface area contributed by atoms with Crippen molar-refractivity contribution in [1.29, 1.82) is 0 Å². The Morgan fingerprint density at radius 1 is 1.04 bits per heavy atom. The number of para-hydroxylation sites is 1. The molecule has 3 aromatic rings. The number of hydrogen-bond acceptors (Lipinski definition) is 4. The first-order valence-electron chi connectivity index (χ1n) is 9.17. The number of carbonyl (C=O) groups excluding carboxylic acids is 1. The minimum Gasteiger partial charge on any atom is -0.494 e. The molecule has 0 aliphatic heterocycles. The van der Waals surface area contributed by atoms with Crippen LogP contribution in [0.4, 0.5) is 0 Å². The molecule has 0 fully saturated rings. The number of ether oxygens (including phenoxy) is 2. The molecule has 138 valence electrons. The van der Waals surface area contributed by atoms with Crippen molar-refractivity contribution in [2.45, 2.75) is 19.8 Å². The van der Waals surface area contributed by atoms with Crippen LogP contribution in [0.15, 0.2) is 60.7 Å². The third-order valence-corrected chi connectivity index (χ3v) is 4.02. The topological polar surface area (TPSA) is 48.4 Å². The molecule has 4 nitrogen and oxygen atoms in total. The number of fused-ring (bicyclic) bond motifs is 1. The summed E-state index contributed by atoms with van der Waals surface area (Å²) in [5.41, 5.74) is 2.93. The molecule has 4 heteroatoms. The fourth-order valence-corrected chi connectivity index (χ4v) is 2.70. The Hall–Kier alpha value is -3.14. The molecule has 27 heavy (non-hydrogen) atoms. The van der Waals surface area contributed by atoms with Crippen molar-refractivity contribution >= 4 is 29.0 Å². The zero-order chi connectivity index (χ0) is 18.9. The highest BCUT2D eigenvalue weighted by atomic mass is 16.5. The van der Waals surface area contributed by atoms with Crippen LogP contribution in [0.2, 0.25) is 0 Å². The standard InChI is InChI=1S/C23H23NO3/c1-2-26-23(25)11-6-16-27-21-9-5-7-18(17-21)12-14-20-15-13-19-8-3-4-10-22(19)24-20/h3-5,7-10,12-15,17H,2,6,11,16H2,1H3. The Morgan fingerprint density at radius 3 is 2.81 bits per heavy atom. The van der Waals surface area contributed by atoms with Gasteiger partial charge in [-0.25, -0.2) is 4.98 Å². The van der Waals surface area contributed by atoms with E-state index in [4.69, 9.17) is 9.47 Å². The van der Waals surface area contributed by atoms with Gasteiger partial charge in [0.05, 0.1) is 24.4 Å². The average Bonchev–Trinajstić information content (AvgIpc) is 2.70. The van der Waals surface area contributed by atoms with E-state index in [1.165, 1.54) is 0 Å². The van der Waals surface area contributed by atoms with Gasteiger partial charge < -0.3 is 9.47 Å². The highest BCUT2D eigenvalue weighted by molar-refractivity contribution is 5.80. The van der Waals surface area contributed by atoms with Gasteiger partial charge in [-0.3, -0.25) is 4.79 Å². The van der Waals surface area contributed by atoms with Crippen LogP contribution < -0.4 is 4.74 Å². The Balaban J connectivity index is 1.57. The van der Waals surface area contributed by atoms with Gasteiger partial charge in [-0.1, -0.05) is 42.5 Å². The molecule has 0 N–H and O–H groups in total. The van der Waals surface area contributed by atoms with Crippen LogP contribution in [-0.4, -0.2) is 24.2 Å². The summed E-state index contributed by atoms with van der Waals surface area (Å²) in [6, 6.07) is 20.0. The molecular formula is C23H23NO3. The molecule has 1 heterocycles. The van der Waals surface area contributed by atoms with Gasteiger partial charge in [-0.2, -0.15) is 0 Å². The molecule has 3 rings (SSSR count). The van der Waals surface area contributed by atoms with E-state index in [2.05, 4.69) is 17.1 Å². The Bertz CT molecular complexity index is 934. The molecule has 0 unspecified atom stereocenters. The molecule has 0 aliphatic carbocycles. The average molecular weight is 361 g/mol. The normalized spacial score (nSPS) is 11.0. The first-order valence-corrected chi connectivity index (χ1v) is 9.17. The van der Waals surface area contributed by atoms with Gasteiger partial charge in [0, 0.05) is 11.8 Å². The summed E-state index contributed by atoms with van der Waals surface area (Å²) < 4.78 is 10.6. The van der Waals surface area contributed by atoms with Gasteiger partial charge in [0.15, 0.2) is 0 Å². The monoisotopic (exact) mass is 361 g/mol. The number of hydrogen-bond donors (Lipinski definition) is 0. The molecule has 0 aliphatic rings. The zero-order valence-corrected chi connectivity index (χ0v) is 15.4. The van der Waals surface area contributed by atoms with Crippen LogP contribution in [0.25, 0.3) is 23.1 Å². The first kappa shape index (κ1) is 18.6. The molecular weight excluding hydrogens is 338 g/mol. The number of rotatable bonds is 8. The van der Waals surface area contributed by atoms with Crippen molar-refractivity contribution in [3.8, 4) is 5.75 Å². The van der Waals surface area contributed by atoms with Crippen molar-refractivity contribution in [3.05, 3.63) is 71.9 Å². The van der Waals surface area contributed by atoms with Gasteiger partial charge in [-0.05, 0) is 49.2 Å². The first-order chi connectivity index (χ1) is 13.2. The van der Waals surface area contributed by atoms with Crippen molar-refractivity contribution in [3.63, 3.8) is 0 Å². The summed E-state index contributed by atoms with van der Waals surface area (Å²) in [7, 11) is 0. The van der Waals surface area contributed by atoms with Crippen molar-refractivity contribution in [2.24, 2.45) is 0 Å². The quantitative estimate of drug-likeness (QED) is 0.412. The molecule has 0 bridgehead atoms. The lowest BCUT2D eigenvalue weighted by atomic mass is 10.1. The van der Waals surface area contributed by atoms with Crippen LogP contribution in [0.3, 0.4) is 0 Å². The minimum atomic E-state index is -0.180. The highest BCUT2D eigenvalue weighted by Crippen LogP contribution is 2.17. The third-order valence-electron chi connectivity index (χ3n) is 4.02. The number of nitrogens with zero attached hydrogens (tertiary/aromatic N) is 1. The van der Waals surface area contributed by atoms with Crippen molar-refractivity contribution < 1.29 is 14.3 Å². The zero-order valence-electron chi connectivity index (χ0n) is 15.4. The van der Waals surface area contributed by atoms with Crippen LogP contribution in [0.1, 0.15) is 31.0 Å². The highest BCUT2D eigenvalue weighted by Gasteiger charge is 2.02. The van der Waals surface area contributed by atoms with E-state index in [9.17, 15) is 4.79 Å². The molecule has 0 saturated heterocycles. The second-order valence-electron chi connectivity index (χ2n) is 6.09. The molecule has 0 saturated carbocycles. The van der Waals surface area contributed by atoms with Gasteiger partial charge in [0.25, 0.3) is 0 Å². The Morgan fingerprint density at radius 2 is 1.93 bits per heavy atom. The maximum absolute atomic E-state index is 11.3. The van der Waals surface area contributed by atoms with Crippen LogP contribution in [0, 0.1) is 0 Å². The van der Waals surface area contributed by atoms with E-state index in [1.807, 2.05) is 60.7 Å². The number of esters is 1. The maximum Gasteiger partial charge on any atom is 0.305 e. The Kier molecular flexibility index (Phi) is 6.58. The minimum absolute atomic E-state index is 0.180. The van der Waals surface area contributed by atoms with E-state index in [0.717, 1.165) is 27.9 Å². The van der Waals surface area contributed by atoms with E-state index in [1.54, 1.807) is 6.92 Å². The maximum atomic E-state index is 11.3. The molecule has 1 aromatic heterocycles. The lowest BCUT2D eigenvalue weighted by molar-refractivity contribution is -0.143.